The van der Waals surface area contributed by atoms with Gasteiger partial charge in [-0.05, 0) is 66.1 Å². The van der Waals surface area contributed by atoms with Gasteiger partial charge >= 0.3 is 11.9 Å². The van der Waals surface area contributed by atoms with Crippen molar-refractivity contribution in [2.24, 2.45) is 0 Å². The molecule has 1 unspecified atom stereocenters. The molecule has 1 aromatic heterocycles. The van der Waals surface area contributed by atoms with Gasteiger partial charge in [-0.2, -0.15) is 13.2 Å². The van der Waals surface area contributed by atoms with E-state index in [4.69, 9.17) is 10.8 Å². The first-order chi connectivity index (χ1) is 15.6. The number of hydrogen-bond donors (Lipinski definition) is 3. The molecule has 0 radical (unpaired) electrons. The number of aromatic nitrogens is 2. The van der Waals surface area contributed by atoms with E-state index in [0.29, 0.717) is 40.8 Å². The maximum atomic E-state index is 13.1. The summed E-state index contributed by atoms with van der Waals surface area (Å²) in [6.07, 6.45) is -2.71. The summed E-state index contributed by atoms with van der Waals surface area (Å²) in [5.41, 5.74) is 0.837. The molecule has 8 nitrogen and oxygen atoms in total. The topological polar surface area (TPSA) is 127 Å². The van der Waals surface area contributed by atoms with Crippen molar-refractivity contribution in [1.82, 2.24) is 10.1 Å². The third kappa shape index (κ3) is 4.70. The Kier molecular flexibility index (Phi) is 5.85. The van der Waals surface area contributed by atoms with Crippen LogP contribution >= 0.6 is 0 Å². The number of alkyl halides is 3. The van der Waals surface area contributed by atoms with Gasteiger partial charge < -0.3 is 5.41 Å². The number of fused-ring (bicyclic) bond motifs is 1. The van der Waals surface area contributed by atoms with Crippen LogP contribution in [0.1, 0.15) is 11.1 Å². The van der Waals surface area contributed by atoms with Crippen molar-refractivity contribution in [3.63, 3.8) is 0 Å². The number of anilines is 1. The first kappa shape index (κ1) is 22.4. The normalized spacial score (nSPS) is 14.5. The van der Waals surface area contributed by atoms with Crippen LogP contribution in [0.3, 0.4) is 0 Å². The molecule has 1 aliphatic rings. The Labute approximate surface area is 187 Å². The SMILES string of the molecule is N=C(/C=C\C(=N)C(F)(F)F)c1ccc2c(c1)CCN2S(=O)c1ccc(-c2noc(=O)[nH]2)cc1. The maximum Gasteiger partial charge on any atom is 0.439 e. The summed E-state index contributed by atoms with van der Waals surface area (Å²) in [6.45, 7) is 0.464. The van der Waals surface area contributed by atoms with E-state index in [1.165, 1.54) is 0 Å². The fourth-order valence-corrected chi connectivity index (χ4v) is 4.52. The van der Waals surface area contributed by atoms with E-state index >= 15 is 0 Å². The molecule has 0 bridgehead atoms. The molecule has 0 spiro atoms. The molecule has 3 aromatic rings. The molecule has 0 saturated heterocycles. The summed E-state index contributed by atoms with van der Waals surface area (Å²) in [6, 6.07) is 11.6. The molecule has 4 rings (SSSR count). The molecule has 1 atom stereocenters. The van der Waals surface area contributed by atoms with Crippen LogP contribution in [0, 0.1) is 10.8 Å². The van der Waals surface area contributed by atoms with Crippen molar-refractivity contribution < 1.29 is 21.9 Å². The van der Waals surface area contributed by atoms with Gasteiger partial charge in [-0.1, -0.05) is 11.2 Å². The number of nitrogens with zero attached hydrogens (tertiary/aromatic N) is 2. The Morgan fingerprint density at radius 1 is 1.15 bits per heavy atom. The first-order valence-electron chi connectivity index (χ1n) is 9.55. The van der Waals surface area contributed by atoms with Gasteiger partial charge in [0, 0.05) is 12.1 Å². The van der Waals surface area contributed by atoms with Crippen LogP contribution in [-0.4, -0.2) is 38.5 Å². The zero-order valence-corrected chi connectivity index (χ0v) is 17.6. The Balaban J connectivity index is 1.50. The number of rotatable bonds is 6. The second-order valence-electron chi connectivity index (χ2n) is 7.07. The molecule has 2 heterocycles. The van der Waals surface area contributed by atoms with Crippen LogP contribution in [0.5, 0.6) is 0 Å². The highest BCUT2D eigenvalue weighted by atomic mass is 32.2. The minimum absolute atomic E-state index is 0.159. The van der Waals surface area contributed by atoms with E-state index in [0.717, 1.165) is 11.6 Å². The molecule has 1 aliphatic heterocycles. The minimum atomic E-state index is -4.76. The average molecular weight is 475 g/mol. The van der Waals surface area contributed by atoms with E-state index in [1.807, 2.05) is 0 Å². The zero-order valence-electron chi connectivity index (χ0n) is 16.8. The summed E-state index contributed by atoms with van der Waals surface area (Å²) >= 11 is 0. The second kappa shape index (κ2) is 8.62. The monoisotopic (exact) mass is 475 g/mol. The van der Waals surface area contributed by atoms with E-state index in [-0.39, 0.29) is 11.5 Å². The molecule has 0 amide bonds. The Morgan fingerprint density at radius 2 is 1.88 bits per heavy atom. The van der Waals surface area contributed by atoms with Gasteiger partial charge in [-0.15, -0.1) is 0 Å². The molecular formula is C21H16F3N5O3S. The smallest absolute Gasteiger partial charge is 0.300 e. The highest BCUT2D eigenvalue weighted by Crippen LogP contribution is 2.32. The van der Waals surface area contributed by atoms with Gasteiger partial charge in [0.05, 0.1) is 16.3 Å². The van der Waals surface area contributed by atoms with Crippen LogP contribution in [0.4, 0.5) is 18.9 Å². The lowest BCUT2D eigenvalue weighted by atomic mass is 10.0. The summed E-state index contributed by atoms with van der Waals surface area (Å²) in [5.74, 6) is -0.411. The molecule has 0 aliphatic carbocycles. The quantitative estimate of drug-likeness (QED) is 0.471. The molecule has 2 aromatic carbocycles. The van der Waals surface area contributed by atoms with E-state index in [2.05, 4.69) is 14.7 Å². The second-order valence-corrected chi connectivity index (χ2v) is 8.48. The minimum Gasteiger partial charge on any atom is -0.300 e. The molecule has 0 saturated carbocycles. The number of benzene rings is 2. The fourth-order valence-electron chi connectivity index (χ4n) is 3.28. The van der Waals surface area contributed by atoms with E-state index in [1.54, 1.807) is 46.8 Å². The molecule has 170 valence electrons. The third-order valence-electron chi connectivity index (χ3n) is 4.94. The Bertz CT molecular complexity index is 1340. The van der Waals surface area contributed by atoms with Crippen molar-refractivity contribution in [2.75, 3.05) is 10.8 Å². The van der Waals surface area contributed by atoms with Gasteiger partial charge in [0.1, 0.15) is 5.71 Å². The molecule has 12 heteroatoms. The van der Waals surface area contributed by atoms with Crippen molar-refractivity contribution in [3.8, 4) is 11.4 Å². The van der Waals surface area contributed by atoms with Crippen LogP contribution < -0.4 is 10.1 Å². The number of nitrogens with one attached hydrogen (secondary N) is 3. The first-order valence-corrected chi connectivity index (χ1v) is 10.7. The number of aromatic amines is 1. The van der Waals surface area contributed by atoms with Crippen molar-refractivity contribution in [3.05, 3.63) is 76.3 Å². The highest BCUT2D eigenvalue weighted by molar-refractivity contribution is 7.86. The van der Waals surface area contributed by atoms with E-state index < -0.39 is 28.6 Å². The zero-order chi connectivity index (χ0) is 23.8. The third-order valence-corrected chi connectivity index (χ3v) is 6.39. The summed E-state index contributed by atoms with van der Waals surface area (Å²) in [4.78, 5) is 14.1. The standard InChI is InChI=1S/C21H16F3N5O3S/c22-21(23,24)18(26)8-6-16(25)13-3-7-17-14(11-13)9-10-29(17)33(31)15-4-1-12(2-5-15)19-27-20(30)32-28-19/h1-8,11,25-26H,9-10H2,(H,27,28,30)/b8-6-,25-16?,26-18?. The predicted molar refractivity (Wildman–Crippen MR) is 116 cm³/mol. The van der Waals surface area contributed by atoms with Gasteiger partial charge in [0.15, 0.2) is 16.8 Å². The van der Waals surface area contributed by atoms with Crippen LogP contribution in [0.25, 0.3) is 11.4 Å². The summed E-state index contributed by atoms with van der Waals surface area (Å²) in [5, 5.41) is 18.6. The van der Waals surface area contributed by atoms with Gasteiger partial charge in [0.2, 0.25) is 0 Å². The van der Waals surface area contributed by atoms with Crippen molar-refractivity contribution in [1.29, 1.82) is 10.8 Å². The number of hydrogen-bond acceptors (Lipinski definition) is 6. The highest BCUT2D eigenvalue weighted by Gasteiger charge is 2.32. The van der Waals surface area contributed by atoms with Gasteiger partial charge in [0.25, 0.3) is 0 Å². The van der Waals surface area contributed by atoms with Crippen LogP contribution in [0.2, 0.25) is 0 Å². The number of H-pyrrole nitrogens is 1. The molecule has 33 heavy (non-hydrogen) atoms. The maximum absolute atomic E-state index is 13.1. The molecule has 3 N–H and O–H groups in total. The van der Waals surface area contributed by atoms with E-state index in [9.17, 15) is 22.2 Å². The number of halogens is 3. The van der Waals surface area contributed by atoms with Gasteiger partial charge in [-0.3, -0.25) is 19.2 Å². The Morgan fingerprint density at radius 3 is 2.52 bits per heavy atom. The average Bonchev–Trinajstić information content (AvgIpc) is 3.42. The van der Waals surface area contributed by atoms with Crippen LogP contribution in [0.15, 0.2) is 68.8 Å². The summed E-state index contributed by atoms with van der Waals surface area (Å²) < 4.78 is 56.6. The molecule has 0 fully saturated rings. The predicted octanol–water partition coefficient (Wildman–Crippen LogP) is 3.62. The fraction of sp³-hybridized carbons (Fsp3) is 0.143. The lowest BCUT2D eigenvalue weighted by molar-refractivity contribution is -0.0584. The van der Waals surface area contributed by atoms with Crippen molar-refractivity contribution in [2.45, 2.75) is 17.5 Å². The lowest BCUT2D eigenvalue weighted by Crippen LogP contribution is -2.23. The lowest BCUT2D eigenvalue weighted by Gasteiger charge is -2.18. The molecular weight excluding hydrogens is 459 g/mol. The largest absolute Gasteiger partial charge is 0.439 e. The van der Waals surface area contributed by atoms with Gasteiger partial charge in [-0.25, -0.2) is 9.00 Å². The van der Waals surface area contributed by atoms with Crippen molar-refractivity contribution >= 4 is 28.1 Å². The summed E-state index contributed by atoms with van der Waals surface area (Å²) in [7, 11) is -1.52. The number of allylic oxidation sites excluding steroid dienone is 2. The van der Waals surface area contributed by atoms with Crippen LogP contribution in [-0.2, 0) is 17.4 Å². The Hall–Kier alpha value is -3.80.